The number of nitrogens with zero attached hydrogens (tertiary/aromatic N) is 2. The molecule has 1 N–H and O–H groups in total. The summed E-state index contributed by atoms with van der Waals surface area (Å²) in [5.74, 6) is -0.262. The maximum atomic E-state index is 11.2. The zero-order valence-electron chi connectivity index (χ0n) is 17.8. The van der Waals surface area contributed by atoms with E-state index in [4.69, 9.17) is 14.2 Å². The second-order valence-electron chi connectivity index (χ2n) is 7.07. The number of fused-ring (bicyclic) bond motifs is 2. The number of aromatic nitrogens is 1. The third kappa shape index (κ3) is 4.48. The van der Waals surface area contributed by atoms with Gasteiger partial charge in [0.05, 0.1) is 19.7 Å². The molecule has 1 aromatic heterocycles. The topological polar surface area (TPSA) is 73.2 Å². The van der Waals surface area contributed by atoms with Crippen LogP contribution >= 0.6 is 24.8 Å². The first-order chi connectivity index (χ1) is 14.0. The average molecular weight is 465 g/mol. The zero-order chi connectivity index (χ0) is 20.6. The van der Waals surface area contributed by atoms with E-state index in [1.165, 1.54) is 7.11 Å². The number of aliphatic imine (C=N–C) groups is 1. The van der Waals surface area contributed by atoms with Gasteiger partial charge in [-0.05, 0) is 43.2 Å². The molecular formula is C23H26Cl2N2O4. The van der Waals surface area contributed by atoms with Crippen molar-refractivity contribution in [1.82, 2.24) is 4.98 Å². The molecule has 0 saturated carbocycles. The van der Waals surface area contributed by atoms with Crippen LogP contribution in [0.2, 0.25) is 0 Å². The standard InChI is InChI=1S/C23H24N2O4.2ClH/c1-14-18-6-5-7-21(28-3)22(18)19(23(26,25-14)29-4)11-15-10-16-8-9-17(27-2)12-20(16)24-13-15;;/h6-10,12-13,26H,5,11H2,1-4H3;2*1H. The van der Waals surface area contributed by atoms with Crippen LogP contribution in [-0.4, -0.2) is 43.0 Å². The number of dihydropyridines is 1. The number of rotatable bonds is 5. The number of benzene rings is 1. The molecule has 0 radical (unpaired) electrons. The Balaban J connectivity index is 0.00000171. The molecule has 8 heteroatoms. The molecule has 1 aliphatic heterocycles. The molecule has 4 rings (SSSR count). The number of ether oxygens (including phenoxy) is 3. The van der Waals surface area contributed by atoms with Crippen LogP contribution in [0.25, 0.3) is 10.9 Å². The van der Waals surface area contributed by atoms with Gasteiger partial charge in [0.25, 0.3) is 5.91 Å². The lowest BCUT2D eigenvalue weighted by atomic mass is 9.84. The smallest absolute Gasteiger partial charge is 0.292 e. The number of hydrogen-bond acceptors (Lipinski definition) is 6. The van der Waals surface area contributed by atoms with Gasteiger partial charge in [-0.15, -0.1) is 24.8 Å². The maximum Gasteiger partial charge on any atom is 0.292 e. The fourth-order valence-corrected chi connectivity index (χ4v) is 3.91. The SMILES string of the molecule is COC1=CCC=C2C(C)=NC(O)(OC)C(Cc3cnc4cc(OC)ccc4c3)=C12.Cl.Cl. The van der Waals surface area contributed by atoms with E-state index < -0.39 is 5.91 Å². The average Bonchev–Trinajstić information content (AvgIpc) is 2.75. The number of methoxy groups -OCH3 is 3. The van der Waals surface area contributed by atoms with Crippen LogP contribution in [-0.2, 0) is 15.9 Å². The third-order valence-electron chi connectivity index (χ3n) is 5.38. The minimum atomic E-state index is -1.75. The minimum absolute atomic E-state index is 0. The van der Waals surface area contributed by atoms with E-state index in [0.29, 0.717) is 12.0 Å². The summed E-state index contributed by atoms with van der Waals surface area (Å²) in [6.45, 7) is 1.87. The molecule has 6 nitrogen and oxygen atoms in total. The van der Waals surface area contributed by atoms with E-state index in [1.54, 1.807) is 20.4 Å². The molecule has 2 heterocycles. The van der Waals surface area contributed by atoms with Crippen LogP contribution in [0.15, 0.2) is 70.1 Å². The summed E-state index contributed by atoms with van der Waals surface area (Å²) in [6.07, 6.45) is 7.07. The van der Waals surface area contributed by atoms with Crippen LogP contribution in [0.4, 0.5) is 0 Å². The first kappa shape index (κ1) is 24.9. The highest BCUT2D eigenvalue weighted by Gasteiger charge is 2.40. The van der Waals surface area contributed by atoms with Gasteiger partial charge in [-0.25, -0.2) is 4.99 Å². The highest BCUT2D eigenvalue weighted by Crippen LogP contribution is 2.40. The minimum Gasteiger partial charge on any atom is -0.497 e. The second kappa shape index (κ2) is 9.83. The molecule has 0 fully saturated rings. The molecule has 0 amide bonds. The van der Waals surface area contributed by atoms with Crippen molar-refractivity contribution in [3.05, 3.63) is 70.7 Å². The first-order valence-corrected chi connectivity index (χ1v) is 9.44. The van der Waals surface area contributed by atoms with Crippen LogP contribution in [0, 0.1) is 0 Å². The van der Waals surface area contributed by atoms with Gasteiger partial charge in [-0.1, -0.05) is 6.08 Å². The monoisotopic (exact) mass is 464 g/mol. The Kier molecular flexibility index (Phi) is 7.89. The number of aliphatic hydroxyl groups is 1. The lowest BCUT2D eigenvalue weighted by molar-refractivity contribution is -0.150. The lowest BCUT2D eigenvalue weighted by Crippen LogP contribution is -2.38. The largest absolute Gasteiger partial charge is 0.497 e. The molecule has 0 bridgehead atoms. The van der Waals surface area contributed by atoms with E-state index >= 15 is 0 Å². The van der Waals surface area contributed by atoms with E-state index in [-0.39, 0.29) is 24.8 Å². The molecule has 1 aromatic carbocycles. The normalized spacial score (nSPS) is 20.0. The summed E-state index contributed by atoms with van der Waals surface area (Å²) in [6, 6.07) is 7.83. The van der Waals surface area contributed by atoms with Gasteiger partial charge in [-0.3, -0.25) is 4.98 Å². The Morgan fingerprint density at radius 3 is 2.52 bits per heavy atom. The molecule has 2 aliphatic rings. The number of allylic oxidation sites excluding steroid dienone is 3. The Morgan fingerprint density at radius 2 is 1.84 bits per heavy atom. The van der Waals surface area contributed by atoms with Crippen molar-refractivity contribution >= 4 is 41.4 Å². The van der Waals surface area contributed by atoms with Crippen molar-refractivity contribution in [2.24, 2.45) is 4.99 Å². The molecule has 1 atom stereocenters. The van der Waals surface area contributed by atoms with E-state index in [1.807, 2.05) is 31.2 Å². The van der Waals surface area contributed by atoms with Gasteiger partial charge in [0.1, 0.15) is 11.5 Å². The lowest BCUT2D eigenvalue weighted by Gasteiger charge is -2.35. The van der Waals surface area contributed by atoms with Crippen molar-refractivity contribution in [3.63, 3.8) is 0 Å². The van der Waals surface area contributed by atoms with Crippen molar-refractivity contribution in [2.45, 2.75) is 25.7 Å². The quantitative estimate of drug-likeness (QED) is 0.656. The Labute approximate surface area is 194 Å². The predicted octanol–water partition coefficient (Wildman–Crippen LogP) is 4.55. The molecule has 1 aliphatic carbocycles. The van der Waals surface area contributed by atoms with Gasteiger partial charge in [0.2, 0.25) is 0 Å². The van der Waals surface area contributed by atoms with Crippen molar-refractivity contribution in [3.8, 4) is 5.75 Å². The molecule has 31 heavy (non-hydrogen) atoms. The van der Waals surface area contributed by atoms with Crippen molar-refractivity contribution < 1.29 is 19.3 Å². The predicted molar refractivity (Wildman–Crippen MR) is 126 cm³/mol. The highest BCUT2D eigenvalue weighted by atomic mass is 35.5. The Bertz CT molecular complexity index is 1110. The van der Waals surface area contributed by atoms with E-state index in [0.717, 1.165) is 51.3 Å². The Morgan fingerprint density at radius 1 is 1.06 bits per heavy atom. The van der Waals surface area contributed by atoms with Crippen LogP contribution in [0.1, 0.15) is 18.9 Å². The highest BCUT2D eigenvalue weighted by molar-refractivity contribution is 6.05. The van der Waals surface area contributed by atoms with Gasteiger partial charge >= 0.3 is 0 Å². The molecule has 0 saturated heterocycles. The van der Waals surface area contributed by atoms with E-state index in [2.05, 4.69) is 22.1 Å². The number of hydrogen-bond donors (Lipinski definition) is 1. The molecular weight excluding hydrogens is 439 g/mol. The molecule has 2 aromatic rings. The van der Waals surface area contributed by atoms with Gasteiger partial charge in [-0.2, -0.15) is 0 Å². The summed E-state index contributed by atoms with van der Waals surface area (Å²) in [5.41, 5.74) is 4.96. The summed E-state index contributed by atoms with van der Waals surface area (Å²) >= 11 is 0. The zero-order valence-corrected chi connectivity index (χ0v) is 19.5. The van der Waals surface area contributed by atoms with Crippen molar-refractivity contribution in [1.29, 1.82) is 0 Å². The maximum absolute atomic E-state index is 11.2. The van der Waals surface area contributed by atoms with Crippen molar-refractivity contribution in [2.75, 3.05) is 21.3 Å². The Hall–Kier alpha value is -2.38. The number of halogens is 2. The summed E-state index contributed by atoms with van der Waals surface area (Å²) in [7, 11) is 4.73. The fourth-order valence-electron chi connectivity index (χ4n) is 3.91. The molecule has 1 unspecified atom stereocenters. The van der Waals surface area contributed by atoms with Crippen LogP contribution in [0.5, 0.6) is 5.75 Å². The van der Waals surface area contributed by atoms with Gasteiger partial charge in [0.15, 0.2) is 0 Å². The summed E-state index contributed by atoms with van der Waals surface area (Å²) in [5, 5.41) is 12.2. The number of pyridine rings is 1. The van der Waals surface area contributed by atoms with Gasteiger partial charge < -0.3 is 19.3 Å². The third-order valence-corrected chi connectivity index (χ3v) is 5.38. The van der Waals surface area contributed by atoms with E-state index in [9.17, 15) is 5.11 Å². The summed E-state index contributed by atoms with van der Waals surface area (Å²) in [4.78, 5) is 9.02. The first-order valence-electron chi connectivity index (χ1n) is 9.44. The van der Waals surface area contributed by atoms with Crippen LogP contribution in [0.3, 0.4) is 0 Å². The van der Waals surface area contributed by atoms with Gasteiger partial charge in [0, 0.05) is 53.6 Å². The molecule has 0 spiro atoms. The molecule has 166 valence electrons. The van der Waals surface area contributed by atoms with Crippen LogP contribution < -0.4 is 4.74 Å². The fraction of sp³-hybridized carbons (Fsp3) is 0.304. The summed E-state index contributed by atoms with van der Waals surface area (Å²) < 4.78 is 16.3. The second-order valence-corrected chi connectivity index (χ2v) is 7.07.